The fraction of sp³-hybridized carbons (Fsp3) is 0.316. The van der Waals surface area contributed by atoms with E-state index in [1.807, 2.05) is 12.1 Å². The lowest BCUT2D eigenvalue weighted by molar-refractivity contribution is -0.141. The van der Waals surface area contributed by atoms with Crippen LogP contribution in [0.5, 0.6) is 11.5 Å². The van der Waals surface area contributed by atoms with Gasteiger partial charge in [-0.1, -0.05) is 12.1 Å². The van der Waals surface area contributed by atoms with E-state index < -0.39 is 12.0 Å². The molecule has 1 N–H and O–H groups in total. The first kappa shape index (κ1) is 16.4. The normalized spacial score (nSPS) is 21.2. The van der Waals surface area contributed by atoms with Crippen molar-refractivity contribution in [1.29, 1.82) is 0 Å². The fourth-order valence-electron chi connectivity index (χ4n) is 3.15. The first-order valence-electron chi connectivity index (χ1n) is 8.46. The molecule has 2 aliphatic rings. The molecular formula is C19H18N2O5. The maximum atomic E-state index is 12.6. The number of nitrogens with one attached hydrogen (secondary N) is 1. The van der Waals surface area contributed by atoms with Crippen molar-refractivity contribution in [3.05, 3.63) is 53.9 Å². The molecule has 134 valence electrons. The largest absolute Gasteiger partial charge is 0.486 e. The van der Waals surface area contributed by atoms with Gasteiger partial charge in [0.15, 0.2) is 11.5 Å². The van der Waals surface area contributed by atoms with Crippen LogP contribution in [0.1, 0.15) is 23.7 Å². The van der Waals surface area contributed by atoms with E-state index in [4.69, 9.17) is 14.2 Å². The van der Waals surface area contributed by atoms with Crippen molar-refractivity contribution in [1.82, 2.24) is 10.3 Å². The second-order valence-corrected chi connectivity index (χ2v) is 6.20. The molecule has 1 aromatic carbocycles. The van der Waals surface area contributed by atoms with Crippen molar-refractivity contribution in [2.75, 3.05) is 13.2 Å². The highest BCUT2D eigenvalue weighted by molar-refractivity contribution is 5.87. The Bertz CT molecular complexity index is 824. The van der Waals surface area contributed by atoms with Crippen molar-refractivity contribution >= 4 is 11.9 Å². The summed E-state index contributed by atoms with van der Waals surface area (Å²) in [6.45, 7) is 1.32. The number of carbonyl (C=O) groups excluding carboxylic acids is 2. The lowest BCUT2D eigenvalue weighted by atomic mass is 9.94. The van der Waals surface area contributed by atoms with Crippen molar-refractivity contribution in [2.45, 2.75) is 19.1 Å². The zero-order chi connectivity index (χ0) is 17.9. The maximum absolute atomic E-state index is 12.6. The molecule has 3 heterocycles. The second kappa shape index (κ2) is 7.03. The minimum Gasteiger partial charge on any atom is -0.486 e. The van der Waals surface area contributed by atoms with Gasteiger partial charge in [-0.25, -0.2) is 0 Å². The molecular weight excluding hydrogens is 336 g/mol. The minimum atomic E-state index is -0.632. The van der Waals surface area contributed by atoms with Crippen molar-refractivity contribution in [2.24, 2.45) is 5.92 Å². The number of benzene rings is 1. The Morgan fingerprint density at radius 1 is 1.19 bits per heavy atom. The molecule has 1 saturated heterocycles. The molecule has 7 heteroatoms. The lowest BCUT2D eigenvalue weighted by Crippen LogP contribution is -2.32. The third-order valence-corrected chi connectivity index (χ3v) is 4.43. The van der Waals surface area contributed by atoms with Gasteiger partial charge in [-0.2, -0.15) is 0 Å². The molecule has 0 bridgehead atoms. The first-order chi connectivity index (χ1) is 12.7. The smallest absolute Gasteiger partial charge is 0.307 e. The van der Waals surface area contributed by atoms with Gasteiger partial charge in [0.25, 0.3) is 0 Å². The average Bonchev–Trinajstić information content (AvgIpc) is 3.08. The summed E-state index contributed by atoms with van der Waals surface area (Å²) >= 11 is 0. The first-order valence-corrected chi connectivity index (χ1v) is 8.46. The molecule has 1 aromatic heterocycles. The number of amides is 1. The monoisotopic (exact) mass is 354 g/mol. The van der Waals surface area contributed by atoms with Crippen LogP contribution < -0.4 is 14.8 Å². The summed E-state index contributed by atoms with van der Waals surface area (Å²) in [7, 11) is 0. The molecule has 2 aromatic rings. The number of fused-ring (bicyclic) bond motifs is 1. The predicted molar refractivity (Wildman–Crippen MR) is 90.5 cm³/mol. The molecule has 2 atom stereocenters. The Balaban J connectivity index is 1.50. The molecule has 0 radical (unpaired) electrons. The Hall–Kier alpha value is -3.09. The molecule has 1 amide bonds. The zero-order valence-electron chi connectivity index (χ0n) is 14.0. The van der Waals surface area contributed by atoms with Gasteiger partial charge < -0.3 is 19.5 Å². The Kier molecular flexibility index (Phi) is 4.43. The highest BCUT2D eigenvalue weighted by Crippen LogP contribution is 2.40. The summed E-state index contributed by atoms with van der Waals surface area (Å²) < 4.78 is 16.5. The summed E-state index contributed by atoms with van der Waals surface area (Å²) in [6, 6.07) is 9.04. The predicted octanol–water partition coefficient (Wildman–Crippen LogP) is 1.77. The molecule has 0 spiro atoms. The summed E-state index contributed by atoms with van der Waals surface area (Å²) in [5, 5.41) is 2.86. The van der Waals surface area contributed by atoms with Crippen LogP contribution in [-0.4, -0.2) is 30.1 Å². The van der Waals surface area contributed by atoms with Crippen LogP contribution in [0.15, 0.2) is 42.7 Å². The van der Waals surface area contributed by atoms with Crippen LogP contribution in [0.2, 0.25) is 0 Å². The van der Waals surface area contributed by atoms with Gasteiger partial charge in [0.2, 0.25) is 5.91 Å². The van der Waals surface area contributed by atoms with Crippen LogP contribution in [0.25, 0.3) is 0 Å². The minimum absolute atomic E-state index is 0.0536. The molecule has 0 unspecified atom stereocenters. The van der Waals surface area contributed by atoms with Crippen LogP contribution >= 0.6 is 0 Å². The summed E-state index contributed by atoms with van der Waals surface area (Å²) in [5.74, 6) is 0.0702. The number of hydrogen-bond donors (Lipinski definition) is 1. The Morgan fingerprint density at radius 3 is 2.85 bits per heavy atom. The average molecular weight is 354 g/mol. The highest BCUT2D eigenvalue weighted by Gasteiger charge is 2.41. The number of aromatic nitrogens is 1. The second-order valence-electron chi connectivity index (χ2n) is 6.20. The van der Waals surface area contributed by atoms with Gasteiger partial charge in [0.1, 0.15) is 19.3 Å². The molecule has 4 rings (SSSR count). The number of esters is 1. The van der Waals surface area contributed by atoms with Gasteiger partial charge in [-0.15, -0.1) is 0 Å². The molecule has 2 aliphatic heterocycles. The number of rotatable bonds is 4. The summed E-state index contributed by atoms with van der Waals surface area (Å²) in [6.07, 6.45) is 2.78. The number of hydrogen-bond acceptors (Lipinski definition) is 6. The fourth-order valence-corrected chi connectivity index (χ4v) is 3.15. The standard InChI is InChI=1S/C19H18N2O5/c22-17-9-14(19(23)21-11-12-2-1-5-20-10-12)18(26-17)13-3-4-15-16(8-13)25-7-6-24-15/h1-5,8,10,14,18H,6-7,9,11H2,(H,21,23)/t14-,18+/m0/s1. The summed E-state index contributed by atoms with van der Waals surface area (Å²) in [5.41, 5.74) is 1.61. The maximum Gasteiger partial charge on any atom is 0.307 e. The Morgan fingerprint density at radius 2 is 2.04 bits per heavy atom. The molecule has 7 nitrogen and oxygen atoms in total. The van der Waals surface area contributed by atoms with Crippen LogP contribution in [0.4, 0.5) is 0 Å². The third-order valence-electron chi connectivity index (χ3n) is 4.43. The molecule has 0 aliphatic carbocycles. The van der Waals surface area contributed by atoms with Crippen LogP contribution in [0, 0.1) is 5.92 Å². The van der Waals surface area contributed by atoms with Crippen molar-refractivity contribution in [3.8, 4) is 11.5 Å². The zero-order valence-corrected chi connectivity index (χ0v) is 14.0. The van der Waals surface area contributed by atoms with Crippen molar-refractivity contribution < 1.29 is 23.8 Å². The molecule has 26 heavy (non-hydrogen) atoms. The SMILES string of the molecule is O=C1C[C@H](C(=O)NCc2cccnc2)[C@@H](c2ccc3c(c2)OCCO3)O1. The number of nitrogens with zero attached hydrogens (tertiary/aromatic N) is 1. The van der Waals surface area contributed by atoms with Crippen LogP contribution in [-0.2, 0) is 20.9 Å². The number of ether oxygens (including phenoxy) is 3. The van der Waals surface area contributed by atoms with E-state index in [9.17, 15) is 9.59 Å². The Labute approximate surface area is 150 Å². The van der Waals surface area contributed by atoms with E-state index in [0.717, 1.165) is 11.1 Å². The van der Waals surface area contributed by atoms with Crippen LogP contribution in [0.3, 0.4) is 0 Å². The summed E-state index contributed by atoms with van der Waals surface area (Å²) in [4.78, 5) is 28.5. The van der Waals surface area contributed by atoms with Gasteiger partial charge in [0.05, 0.1) is 12.3 Å². The number of carbonyl (C=O) groups is 2. The molecule has 0 saturated carbocycles. The van der Waals surface area contributed by atoms with Gasteiger partial charge >= 0.3 is 5.97 Å². The lowest BCUT2D eigenvalue weighted by Gasteiger charge is -2.22. The van der Waals surface area contributed by atoms with E-state index in [2.05, 4.69) is 10.3 Å². The number of cyclic esters (lactones) is 1. The van der Waals surface area contributed by atoms with E-state index in [0.29, 0.717) is 31.3 Å². The molecule has 1 fully saturated rings. The number of pyridine rings is 1. The van der Waals surface area contributed by atoms with E-state index in [1.54, 1.807) is 30.6 Å². The quantitative estimate of drug-likeness (QED) is 0.842. The van der Waals surface area contributed by atoms with E-state index in [1.165, 1.54) is 0 Å². The highest BCUT2D eigenvalue weighted by atomic mass is 16.6. The van der Waals surface area contributed by atoms with E-state index in [-0.39, 0.29) is 18.3 Å². The van der Waals surface area contributed by atoms with Gasteiger partial charge in [-0.3, -0.25) is 14.6 Å². The van der Waals surface area contributed by atoms with Crippen molar-refractivity contribution in [3.63, 3.8) is 0 Å². The third kappa shape index (κ3) is 3.33. The van der Waals surface area contributed by atoms with E-state index >= 15 is 0 Å². The topological polar surface area (TPSA) is 86.8 Å². The van der Waals surface area contributed by atoms with Gasteiger partial charge in [-0.05, 0) is 29.3 Å². The van der Waals surface area contributed by atoms with Gasteiger partial charge in [0, 0.05) is 18.9 Å².